The third-order valence-electron chi connectivity index (χ3n) is 2.77. The molecule has 0 aliphatic heterocycles. The minimum atomic E-state index is 0.0253. The smallest absolute Gasteiger partial charge is 0.0725 e. The monoisotopic (exact) mass is 314 g/mol. The minimum Gasteiger partial charge on any atom is -0.399 e. The largest absolute Gasteiger partial charge is 0.399 e. The van der Waals surface area contributed by atoms with Crippen molar-refractivity contribution in [3.05, 3.63) is 57.0 Å². The van der Waals surface area contributed by atoms with Gasteiger partial charge in [0.05, 0.1) is 15.7 Å². The molecule has 0 spiro atoms. The zero-order valence-electron chi connectivity index (χ0n) is 10.3. The fourth-order valence-electron chi connectivity index (χ4n) is 1.81. The van der Waals surface area contributed by atoms with Gasteiger partial charge in [-0.05, 0) is 36.8 Å². The predicted molar refractivity (Wildman–Crippen MR) is 84.4 cm³/mol. The van der Waals surface area contributed by atoms with Crippen molar-refractivity contribution >= 4 is 46.2 Å². The summed E-state index contributed by atoms with van der Waals surface area (Å²) in [5.74, 6) is 0. The summed E-state index contributed by atoms with van der Waals surface area (Å²) in [5.41, 5.74) is 7.94. The number of hydrogen-bond acceptors (Lipinski definition) is 2. The van der Waals surface area contributed by atoms with E-state index in [2.05, 4.69) is 5.32 Å². The van der Waals surface area contributed by atoms with Gasteiger partial charge in [-0.25, -0.2) is 0 Å². The lowest BCUT2D eigenvalue weighted by Gasteiger charge is -2.18. The molecule has 0 fully saturated rings. The molecule has 2 aromatic carbocycles. The Morgan fingerprint density at radius 3 is 2.26 bits per heavy atom. The van der Waals surface area contributed by atoms with Crippen molar-refractivity contribution in [1.29, 1.82) is 0 Å². The number of hydrogen-bond donors (Lipinski definition) is 2. The van der Waals surface area contributed by atoms with Gasteiger partial charge in [0.2, 0.25) is 0 Å². The Balaban J connectivity index is 2.26. The zero-order valence-corrected chi connectivity index (χ0v) is 12.5. The van der Waals surface area contributed by atoms with Crippen molar-refractivity contribution in [2.24, 2.45) is 0 Å². The highest BCUT2D eigenvalue weighted by atomic mass is 35.5. The molecule has 0 aliphatic rings. The van der Waals surface area contributed by atoms with E-state index in [-0.39, 0.29) is 6.04 Å². The highest BCUT2D eigenvalue weighted by molar-refractivity contribution is 6.39. The van der Waals surface area contributed by atoms with Crippen LogP contribution in [0.1, 0.15) is 18.5 Å². The van der Waals surface area contributed by atoms with Gasteiger partial charge in [-0.15, -0.1) is 0 Å². The van der Waals surface area contributed by atoms with Crippen molar-refractivity contribution in [3.63, 3.8) is 0 Å². The summed E-state index contributed by atoms with van der Waals surface area (Å²) in [7, 11) is 0. The number of nitrogen functional groups attached to an aromatic ring is 1. The van der Waals surface area contributed by atoms with Gasteiger partial charge >= 0.3 is 0 Å². The maximum atomic E-state index is 6.14. The number of benzene rings is 2. The predicted octanol–water partition coefficient (Wildman–Crippen LogP) is 5.40. The second-order valence-electron chi connectivity index (χ2n) is 4.28. The Morgan fingerprint density at radius 1 is 1.05 bits per heavy atom. The van der Waals surface area contributed by atoms with Crippen molar-refractivity contribution in [2.75, 3.05) is 11.1 Å². The Bertz CT molecular complexity index is 576. The SMILES string of the molecule is CC(Nc1c(Cl)cc(N)cc1Cl)c1cccc(Cl)c1. The molecule has 2 aromatic rings. The lowest BCUT2D eigenvalue weighted by molar-refractivity contribution is 0.885. The van der Waals surface area contributed by atoms with Gasteiger partial charge in [-0.2, -0.15) is 0 Å². The molecular weight excluding hydrogens is 303 g/mol. The summed E-state index contributed by atoms with van der Waals surface area (Å²) in [6.07, 6.45) is 0. The van der Waals surface area contributed by atoms with Gasteiger partial charge in [0.25, 0.3) is 0 Å². The van der Waals surface area contributed by atoms with Crippen LogP contribution in [0.4, 0.5) is 11.4 Å². The summed E-state index contributed by atoms with van der Waals surface area (Å²) < 4.78 is 0. The van der Waals surface area contributed by atoms with E-state index < -0.39 is 0 Å². The molecule has 100 valence electrons. The van der Waals surface area contributed by atoms with E-state index in [0.717, 1.165) is 5.56 Å². The van der Waals surface area contributed by atoms with Crippen molar-refractivity contribution < 1.29 is 0 Å². The first kappa shape index (κ1) is 14.3. The Kier molecular flexibility index (Phi) is 4.46. The van der Waals surface area contributed by atoms with E-state index in [0.29, 0.717) is 26.4 Å². The van der Waals surface area contributed by atoms with Gasteiger partial charge in [-0.3, -0.25) is 0 Å². The second-order valence-corrected chi connectivity index (χ2v) is 5.53. The number of anilines is 2. The van der Waals surface area contributed by atoms with Gasteiger partial charge in [-0.1, -0.05) is 46.9 Å². The average molecular weight is 316 g/mol. The standard InChI is InChI=1S/C14H13Cl3N2/c1-8(9-3-2-4-10(15)5-9)19-14-12(16)6-11(18)7-13(14)17/h2-8,19H,18H2,1H3. The Morgan fingerprint density at radius 2 is 1.68 bits per heavy atom. The summed E-state index contributed by atoms with van der Waals surface area (Å²) >= 11 is 18.3. The number of halogens is 3. The molecule has 0 aliphatic carbocycles. The molecule has 0 saturated carbocycles. The fraction of sp³-hybridized carbons (Fsp3) is 0.143. The van der Waals surface area contributed by atoms with Gasteiger partial charge < -0.3 is 11.1 Å². The van der Waals surface area contributed by atoms with Crippen LogP contribution in [0.5, 0.6) is 0 Å². The lowest BCUT2D eigenvalue weighted by Crippen LogP contribution is -2.07. The van der Waals surface area contributed by atoms with E-state index in [1.165, 1.54) is 0 Å². The zero-order chi connectivity index (χ0) is 14.0. The first-order chi connectivity index (χ1) is 8.97. The number of nitrogens with two attached hydrogens (primary N) is 1. The maximum absolute atomic E-state index is 6.14. The van der Waals surface area contributed by atoms with E-state index >= 15 is 0 Å². The molecule has 0 saturated heterocycles. The molecule has 0 radical (unpaired) electrons. The molecule has 2 rings (SSSR count). The quantitative estimate of drug-likeness (QED) is 0.744. The first-order valence-electron chi connectivity index (χ1n) is 5.74. The third kappa shape index (κ3) is 3.47. The average Bonchev–Trinajstić information content (AvgIpc) is 2.33. The number of rotatable bonds is 3. The molecule has 1 atom stereocenters. The summed E-state index contributed by atoms with van der Waals surface area (Å²) in [6, 6.07) is 11.0. The molecule has 19 heavy (non-hydrogen) atoms. The molecule has 5 heteroatoms. The number of nitrogens with one attached hydrogen (secondary N) is 1. The Labute approximate surface area is 127 Å². The first-order valence-corrected chi connectivity index (χ1v) is 6.87. The highest BCUT2D eigenvalue weighted by Gasteiger charge is 2.12. The molecule has 0 bridgehead atoms. The van der Waals surface area contributed by atoms with Gasteiger partial charge in [0.15, 0.2) is 0 Å². The molecule has 2 nitrogen and oxygen atoms in total. The van der Waals surface area contributed by atoms with Crippen molar-refractivity contribution in [3.8, 4) is 0 Å². The van der Waals surface area contributed by atoms with E-state index in [4.69, 9.17) is 40.5 Å². The van der Waals surface area contributed by atoms with Crippen LogP contribution in [0, 0.1) is 0 Å². The van der Waals surface area contributed by atoms with Crippen LogP contribution in [-0.2, 0) is 0 Å². The molecule has 3 N–H and O–H groups in total. The lowest BCUT2D eigenvalue weighted by atomic mass is 10.1. The summed E-state index contributed by atoms with van der Waals surface area (Å²) in [6.45, 7) is 2.01. The minimum absolute atomic E-state index is 0.0253. The molecular formula is C14H13Cl3N2. The van der Waals surface area contributed by atoms with Gasteiger partial charge in [0.1, 0.15) is 0 Å². The van der Waals surface area contributed by atoms with Crippen molar-refractivity contribution in [2.45, 2.75) is 13.0 Å². The molecule has 0 amide bonds. The van der Waals surface area contributed by atoms with Crippen LogP contribution in [0.3, 0.4) is 0 Å². The summed E-state index contributed by atoms with van der Waals surface area (Å²) in [5, 5.41) is 4.96. The van der Waals surface area contributed by atoms with Crippen molar-refractivity contribution in [1.82, 2.24) is 0 Å². The van der Waals surface area contributed by atoms with E-state index in [1.54, 1.807) is 12.1 Å². The second kappa shape index (κ2) is 5.91. The molecule has 0 heterocycles. The van der Waals surface area contributed by atoms with Crippen LogP contribution in [0.25, 0.3) is 0 Å². The van der Waals surface area contributed by atoms with Gasteiger partial charge in [0, 0.05) is 16.8 Å². The van der Waals surface area contributed by atoms with E-state index in [1.807, 2.05) is 31.2 Å². The van der Waals surface area contributed by atoms with Crippen LogP contribution in [0.2, 0.25) is 15.1 Å². The van der Waals surface area contributed by atoms with Crippen LogP contribution in [0.15, 0.2) is 36.4 Å². The highest BCUT2D eigenvalue weighted by Crippen LogP contribution is 2.35. The third-order valence-corrected chi connectivity index (χ3v) is 3.61. The Hall–Kier alpha value is -1.09. The van der Waals surface area contributed by atoms with Crippen LogP contribution < -0.4 is 11.1 Å². The van der Waals surface area contributed by atoms with E-state index in [9.17, 15) is 0 Å². The van der Waals surface area contributed by atoms with Crippen LogP contribution >= 0.6 is 34.8 Å². The molecule has 1 unspecified atom stereocenters. The maximum Gasteiger partial charge on any atom is 0.0725 e. The molecule has 0 aromatic heterocycles. The van der Waals surface area contributed by atoms with Crippen LogP contribution in [-0.4, -0.2) is 0 Å². The normalized spacial score (nSPS) is 12.2. The fourth-order valence-corrected chi connectivity index (χ4v) is 2.62. The summed E-state index contributed by atoms with van der Waals surface area (Å²) in [4.78, 5) is 0. The topological polar surface area (TPSA) is 38.0 Å².